The van der Waals surface area contributed by atoms with Gasteiger partial charge in [-0.15, -0.1) is 0 Å². The van der Waals surface area contributed by atoms with Gasteiger partial charge in [0.1, 0.15) is 5.58 Å². The second kappa shape index (κ2) is 10.4. The Bertz CT molecular complexity index is 2570. The van der Waals surface area contributed by atoms with Gasteiger partial charge in [-0.05, 0) is 82.9 Å². The summed E-state index contributed by atoms with van der Waals surface area (Å²) in [6.45, 7) is 4.64. The molecule has 0 spiro atoms. The molecule has 234 valence electrons. The lowest BCUT2D eigenvalue weighted by Gasteiger charge is -2.45. The Morgan fingerprint density at radius 2 is 1.22 bits per heavy atom. The average Bonchev–Trinajstić information content (AvgIpc) is 3.54. The highest BCUT2D eigenvalue weighted by molar-refractivity contribution is 6.10. The minimum absolute atomic E-state index is 0.295. The molecule has 0 saturated carbocycles. The molecule has 0 bridgehead atoms. The van der Waals surface area contributed by atoms with Gasteiger partial charge in [0.2, 0.25) is 0 Å². The highest BCUT2D eigenvalue weighted by atomic mass is 16.5. The van der Waals surface area contributed by atoms with Crippen LogP contribution in [-0.4, -0.2) is 0 Å². The molecule has 10 rings (SSSR count). The highest BCUT2D eigenvalue weighted by Crippen LogP contribution is 2.60. The van der Waals surface area contributed by atoms with Gasteiger partial charge < -0.3 is 19.0 Å². The number of hydrogen-bond donors (Lipinski definition) is 0. The predicted molar refractivity (Wildman–Crippen MR) is 201 cm³/mol. The molecule has 4 nitrogen and oxygen atoms in total. The molecule has 0 N–H and O–H groups in total. The van der Waals surface area contributed by atoms with Gasteiger partial charge in [0.25, 0.3) is 0 Å². The molecule has 1 aromatic heterocycles. The molecule has 0 unspecified atom stereocenters. The lowest BCUT2D eigenvalue weighted by Crippen LogP contribution is -2.32. The third-order valence-corrected chi connectivity index (χ3v) is 10.2. The third-order valence-electron chi connectivity index (χ3n) is 10.2. The van der Waals surface area contributed by atoms with Crippen molar-refractivity contribution < 1.29 is 9.15 Å². The van der Waals surface area contributed by atoms with E-state index in [0.717, 1.165) is 67.6 Å². The summed E-state index contributed by atoms with van der Waals surface area (Å²) < 4.78 is 13.1. The molecule has 0 atom stereocenters. The highest BCUT2D eigenvalue weighted by Gasteiger charge is 2.41. The Kier molecular flexibility index (Phi) is 5.89. The first-order valence-electron chi connectivity index (χ1n) is 16.8. The fourth-order valence-corrected chi connectivity index (χ4v) is 7.83. The summed E-state index contributed by atoms with van der Waals surface area (Å²) in [6, 6.07) is 55.8. The maximum Gasteiger partial charge on any atom is 0.159 e. The van der Waals surface area contributed by atoms with Crippen LogP contribution >= 0.6 is 0 Å². The number of ether oxygens (including phenoxy) is 1. The minimum atomic E-state index is -0.295. The zero-order valence-electron chi connectivity index (χ0n) is 27.2. The van der Waals surface area contributed by atoms with E-state index in [1.807, 2.05) is 24.3 Å². The molecule has 7 aromatic carbocycles. The minimum Gasteiger partial charge on any atom is -0.454 e. The maximum absolute atomic E-state index is 6.63. The van der Waals surface area contributed by atoms with E-state index >= 15 is 0 Å². The smallest absolute Gasteiger partial charge is 0.159 e. The van der Waals surface area contributed by atoms with Gasteiger partial charge in [0.15, 0.2) is 17.1 Å². The molecule has 8 aromatic rings. The molecule has 0 radical (unpaired) electrons. The van der Waals surface area contributed by atoms with E-state index in [-0.39, 0.29) is 5.41 Å². The number of furan rings is 1. The van der Waals surface area contributed by atoms with Gasteiger partial charge in [0.05, 0.1) is 22.7 Å². The van der Waals surface area contributed by atoms with E-state index < -0.39 is 0 Å². The molecule has 0 fully saturated rings. The fraction of sp³-hybridized carbons (Fsp3) is 0.0667. The molecule has 4 heteroatoms. The Labute approximate surface area is 285 Å². The zero-order chi connectivity index (χ0) is 32.7. The van der Waals surface area contributed by atoms with Crippen molar-refractivity contribution in [2.24, 2.45) is 0 Å². The molecule has 0 saturated heterocycles. The number of nitrogens with zero attached hydrogens (tertiary/aromatic N) is 2. The summed E-state index contributed by atoms with van der Waals surface area (Å²) in [5.74, 6) is 1.74. The summed E-state index contributed by atoms with van der Waals surface area (Å²) >= 11 is 0. The first-order valence-corrected chi connectivity index (χ1v) is 16.8. The average molecular weight is 633 g/mol. The monoisotopic (exact) mass is 632 g/mol. The van der Waals surface area contributed by atoms with Crippen LogP contribution in [-0.2, 0) is 5.41 Å². The Balaban J connectivity index is 1.20. The standard InChI is InChI=1S/C45H32N2O2/c1-45(2)35-16-11-21-42-43(35)47(38-17-7-9-20-41(38)48-42)37-27-26-32(28-36(37)45)46(31-24-22-30(23-25-31)29-12-4-3-5-13-29)39-18-10-15-34-33-14-6-8-19-40(33)49-44(34)39/h3-28H,1-2H3. The number of rotatable bonds is 4. The van der Waals surface area contributed by atoms with Crippen LogP contribution in [0.3, 0.4) is 0 Å². The van der Waals surface area contributed by atoms with E-state index in [4.69, 9.17) is 9.15 Å². The summed E-state index contributed by atoms with van der Waals surface area (Å²) in [6.07, 6.45) is 0. The quantitative estimate of drug-likeness (QED) is 0.193. The van der Waals surface area contributed by atoms with Crippen LogP contribution in [0.4, 0.5) is 34.1 Å². The van der Waals surface area contributed by atoms with Gasteiger partial charge in [-0.1, -0.05) is 111 Å². The topological polar surface area (TPSA) is 28.9 Å². The van der Waals surface area contributed by atoms with Crippen molar-refractivity contribution in [3.63, 3.8) is 0 Å². The van der Waals surface area contributed by atoms with E-state index in [2.05, 4.69) is 157 Å². The largest absolute Gasteiger partial charge is 0.454 e. The summed E-state index contributed by atoms with van der Waals surface area (Å²) in [7, 11) is 0. The van der Waals surface area contributed by atoms with Crippen LogP contribution in [0.2, 0.25) is 0 Å². The summed E-state index contributed by atoms with van der Waals surface area (Å²) in [4.78, 5) is 4.72. The van der Waals surface area contributed by atoms with Crippen molar-refractivity contribution >= 4 is 56.1 Å². The summed E-state index contributed by atoms with van der Waals surface area (Å²) in [5, 5.41) is 2.22. The van der Waals surface area contributed by atoms with Crippen molar-refractivity contribution in [2.45, 2.75) is 19.3 Å². The van der Waals surface area contributed by atoms with E-state index in [1.165, 1.54) is 22.3 Å². The molecular formula is C45H32N2O2. The molecular weight excluding hydrogens is 601 g/mol. The Morgan fingerprint density at radius 1 is 0.531 bits per heavy atom. The van der Waals surface area contributed by atoms with Crippen molar-refractivity contribution in [3.8, 4) is 22.6 Å². The first-order chi connectivity index (χ1) is 24.1. The van der Waals surface area contributed by atoms with Crippen LogP contribution in [0.5, 0.6) is 11.5 Å². The summed E-state index contributed by atoms with van der Waals surface area (Å²) in [5.41, 5.74) is 12.7. The van der Waals surface area contributed by atoms with Gasteiger partial charge in [-0.25, -0.2) is 0 Å². The van der Waals surface area contributed by atoms with Crippen LogP contribution in [0.15, 0.2) is 162 Å². The van der Waals surface area contributed by atoms with Gasteiger partial charge >= 0.3 is 0 Å². The molecule has 2 aliphatic heterocycles. The number of hydrogen-bond acceptors (Lipinski definition) is 4. The number of fused-ring (bicyclic) bond motifs is 7. The van der Waals surface area contributed by atoms with Crippen molar-refractivity contribution in [1.29, 1.82) is 0 Å². The molecule has 0 amide bonds. The lowest BCUT2D eigenvalue weighted by molar-refractivity contribution is 0.471. The van der Waals surface area contributed by atoms with Crippen molar-refractivity contribution in [2.75, 3.05) is 9.80 Å². The SMILES string of the molecule is CC1(C)c2cc(N(c3ccc(-c4ccccc4)cc3)c3cccc4c3oc3ccccc34)ccc2N2c3ccccc3Oc3cccc1c32. The predicted octanol–water partition coefficient (Wildman–Crippen LogP) is 12.9. The second-order valence-corrected chi connectivity index (χ2v) is 13.4. The van der Waals surface area contributed by atoms with Crippen LogP contribution in [0.25, 0.3) is 33.1 Å². The van der Waals surface area contributed by atoms with E-state index in [0.29, 0.717) is 0 Å². The molecule has 2 aliphatic rings. The van der Waals surface area contributed by atoms with Crippen LogP contribution in [0, 0.1) is 0 Å². The number of anilines is 6. The normalized spacial score (nSPS) is 13.8. The lowest BCUT2D eigenvalue weighted by atomic mass is 9.73. The Hall–Kier alpha value is -6.26. The van der Waals surface area contributed by atoms with Crippen LogP contribution in [0.1, 0.15) is 25.0 Å². The molecule has 49 heavy (non-hydrogen) atoms. The fourth-order valence-electron chi connectivity index (χ4n) is 7.83. The van der Waals surface area contributed by atoms with Crippen molar-refractivity contribution in [1.82, 2.24) is 0 Å². The second-order valence-electron chi connectivity index (χ2n) is 13.4. The van der Waals surface area contributed by atoms with E-state index in [1.54, 1.807) is 0 Å². The van der Waals surface area contributed by atoms with Gasteiger partial charge in [-0.3, -0.25) is 0 Å². The van der Waals surface area contributed by atoms with Gasteiger partial charge in [0, 0.05) is 27.6 Å². The molecule has 3 heterocycles. The first kappa shape index (κ1) is 27.8. The number of benzene rings is 7. The zero-order valence-corrected chi connectivity index (χ0v) is 27.2. The van der Waals surface area contributed by atoms with Gasteiger partial charge in [-0.2, -0.15) is 0 Å². The Morgan fingerprint density at radius 3 is 2.10 bits per heavy atom. The third kappa shape index (κ3) is 4.10. The van der Waals surface area contributed by atoms with E-state index in [9.17, 15) is 0 Å². The molecule has 0 aliphatic carbocycles. The maximum atomic E-state index is 6.63. The number of para-hydroxylation sites is 5. The van der Waals surface area contributed by atoms with Crippen molar-refractivity contribution in [3.05, 3.63) is 169 Å². The van der Waals surface area contributed by atoms with Crippen LogP contribution < -0.4 is 14.5 Å².